The van der Waals surface area contributed by atoms with Crippen LogP contribution in [-0.2, 0) is 0 Å². The van der Waals surface area contributed by atoms with Gasteiger partial charge in [-0.15, -0.1) is 10.2 Å². The predicted octanol–water partition coefficient (Wildman–Crippen LogP) is 4.99. The predicted molar refractivity (Wildman–Crippen MR) is 118 cm³/mol. The number of benzene rings is 2. The van der Waals surface area contributed by atoms with E-state index in [0.29, 0.717) is 34.5 Å². The average molecular weight is 460 g/mol. The molecule has 0 radical (unpaired) electrons. The van der Waals surface area contributed by atoms with E-state index in [1.165, 1.54) is 35.6 Å². The minimum Gasteiger partial charge on any atom is -0.324 e. The molecule has 4 rings (SSSR count). The molecule has 2 N–H and O–H groups in total. The summed E-state index contributed by atoms with van der Waals surface area (Å²) in [7, 11) is 0. The third kappa shape index (κ3) is 5.18. The molecule has 2 aromatic carbocycles. The summed E-state index contributed by atoms with van der Waals surface area (Å²) in [6, 6.07) is 12.3. The highest BCUT2D eigenvalue weighted by Gasteiger charge is 2.28. The summed E-state index contributed by atoms with van der Waals surface area (Å²) in [6.45, 7) is 1.11. The van der Waals surface area contributed by atoms with Crippen LogP contribution in [0, 0.1) is 5.82 Å². The molecule has 2 heterocycles. The van der Waals surface area contributed by atoms with Crippen LogP contribution < -0.4 is 10.6 Å². The minimum atomic E-state index is -0.403. The third-order valence-electron chi connectivity index (χ3n) is 4.91. The Hall–Kier alpha value is -3.04. The van der Waals surface area contributed by atoms with Gasteiger partial charge in [0.25, 0.3) is 5.91 Å². The van der Waals surface area contributed by atoms with Gasteiger partial charge in [-0.25, -0.2) is 9.18 Å². The number of halogens is 2. The van der Waals surface area contributed by atoms with Crippen LogP contribution in [-0.4, -0.2) is 40.1 Å². The smallest absolute Gasteiger partial charge is 0.321 e. The summed E-state index contributed by atoms with van der Waals surface area (Å²) in [5.41, 5.74) is 1.04. The maximum Gasteiger partial charge on any atom is 0.321 e. The third-order valence-corrected chi connectivity index (χ3v) is 6.32. The van der Waals surface area contributed by atoms with E-state index in [0.717, 1.165) is 12.8 Å². The molecule has 10 heteroatoms. The van der Waals surface area contributed by atoms with E-state index in [2.05, 4.69) is 20.8 Å². The molecule has 1 aliphatic rings. The highest BCUT2D eigenvalue weighted by atomic mass is 35.5. The Kier molecular flexibility index (Phi) is 6.43. The SMILES string of the molecule is O=C(Nc1ccc(F)cc1)c1nnc([C@H]2CCCN(C(=O)Nc3ccccc3Cl)C2)s1. The molecule has 0 bridgehead atoms. The number of amides is 3. The van der Waals surface area contributed by atoms with Gasteiger partial charge in [-0.05, 0) is 49.2 Å². The first-order chi connectivity index (χ1) is 15.0. The molecule has 1 fully saturated rings. The first-order valence-electron chi connectivity index (χ1n) is 9.70. The molecular formula is C21H19ClFN5O2S. The van der Waals surface area contributed by atoms with Crippen molar-refractivity contribution in [3.8, 4) is 0 Å². The second kappa shape index (κ2) is 9.40. The molecule has 0 aliphatic carbocycles. The van der Waals surface area contributed by atoms with Gasteiger partial charge in [0.1, 0.15) is 10.8 Å². The number of nitrogens with zero attached hydrogens (tertiary/aromatic N) is 3. The van der Waals surface area contributed by atoms with Crippen molar-refractivity contribution in [1.82, 2.24) is 15.1 Å². The van der Waals surface area contributed by atoms with Crippen molar-refractivity contribution in [3.05, 3.63) is 69.4 Å². The van der Waals surface area contributed by atoms with Crippen LogP contribution in [0.5, 0.6) is 0 Å². The number of aromatic nitrogens is 2. The second-order valence-corrected chi connectivity index (χ2v) is 8.52. The van der Waals surface area contributed by atoms with Gasteiger partial charge in [0.05, 0.1) is 10.7 Å². The van der Waals surface area contributed by atoms with Gasteiger partial charge in [0, 0.05) is 24.7 Å². The molecular weight excluding hydrogens is 441 g/mol. The first-order valence-corrected chi connectivity index (χ1v) is 10.9. The highest BCUT2D eigenvalue weighted by molar-refractivity contribution is 7.13. The van der Waals surface area contributed by atoms with Crippen molar-refractivity contribution >= 4 is 46.3 Å². The fourth-order valence-corrected chi connectivity index (χ4v) is 4.38. The van der Waals surface area contributed by atoms with Crippen molar-refractivity contribution in [2.24, 2.45) is 0 Å². The average Bonchev–Trinajstić information content (AvgIpc) is 3.28. The van der Waals surface area contributed by atoms with E-state index in [9.17, 15) is 14.0 Å². The largest absolute Gasteiger partial charge is 0.324 e. The summed E-state index contributed by atoms with van der Waals surface area (Å²) in [5.74, 6) is -0.785. The number of rotatable bonds is 4. The van der Waals surface area contributed by atoms with E-state index in [4.69, 9.17) is 11.6 Å². The van der Waals surface area contributed by atoms with Gasteiger partial charge in [0.2, 0.25) is 5.01 Å². The Bertz CT molecular complexity index is 1090. The molecule has 1 saturated heterocycles. The summed E-state index contributed by atoms with van der Waals surface area (Å²) in [4.78, 5) is 26.8. The van der Waals surface area contributed by atoms with Gasteiger partial charge in [-0.1, -0.05) is 35.1 Å². The number of anilines is 2. The van der Waals surface area contributed by atoms with Crippen molar-refractivity contribution < 1.29 is 14.0 Å². The summed E-state index contributed by atoms with van der Waals surface area (Å²) in [5, 5.41) is 15.1. The summed E-state index contributed by atoms with van der Waals surface area (Å²) >= 11 is 7.33. The van der Waals surface area contributed by atoms with E-state index < -0.39 is 5.91 Å². The first kappa shape index (κ1) is 21.2. The number of likely N-dealkylation sites (tertiary alicyclic amines) is 1. The lowest BCUT2D eigenvalue weighted by molar-refractivity contribution is 0.102. The number of urea groups is 1. The van der Waals surface area contributed by atoms with Crippen LogP contribution >= 0.6 is 22.9 Å². The van der Waals surface area contributed by atoms with Gasteiger partial charge in [-0.2, -0.15) is 0 Å². The van der Waals surface area contributed by atoms with Crippen LogP contribution in [0.15, 0.2) is 48.5 Å². The van der Waals surface area contributed by atoms with Crippen LogP contribution in [0.3, 0.4) is 0 Å². The van der Waals surface area contributed by atoms with Crippen LogP contribution in [0.25, 0.3) is 0 Å². The van der Waals surface area contributed by atoms with Crippen molar-refractivity contribution in [3.63, 3.8) is 0 Å². The number of para-hydroxylation sites is 1. The molecule has 3 amide bonds. The standard InChI is InChI=1S/C21H19ClFN5O2S/c22-16-5-1-2-6-17(16)25-21(30)28-11-3-4-13(12-28)19-26-27-20(31-19)18(29)24-15-9-7-14(23)8-10-15/h1-2,5-10,13H,3-4,11-12H2,(H,24,29)(H,25,30)/t13-/m0/s1. The molecule has 1 aliphatic heterocycles. The molecule has 31 heavy (non-hydrogen) atoms. The zero-order chi connectivity index (χ0) is 21.8. The minimum absolute atomic E-state index is 0.00406. The number of carbonyl (C=O) groups excluding carboxylic acids is 2. The molecule has 1 atom stereocenters. The van der Waals surface area contributed by atoms with E-state index in [-0.39, 0.29) is 22.8 Å². The second-order valence-electron chi connectivity index (χ2n) is 7.10. The van der Waals surface area contributed by atoms with Gasteiger partial charge in [0.15, 0.2) is 0 Å². The molecule has 3 aromatic rings. The lowest BCUT2D eigenvalue weighted by Gasteiger charge is -2.31. The van der Waals surface area contributed by atoms with Crippen LogP contribution in [0.2, 0.25) is 5.02 Å². The molecule has 0 saturated carbocycles. The Morgan fingerprint density at radius 1 is 1.10 bits per heavy atom. The van der Waals surface area contributed by atoms with Crippen LogP contribution in [0.1, 0.15) is 33.6 Å². The van der Waals surface area contributed by atoms with Crippen molar-refractivity contribution in [2.75, 3.05) is 23.7 Å². The van der Waals surface area contributed by atoms with E-state index in [1.807, 2.05) is 0 Å². The van der Waals surface area contributed by atoms with Gasteiger partial charge in [-0.3, -0.25) is 4.79 Å². The lowest BCUT2D eigenvalue weighted by atomic mass is 9.99. The van der Waals surface area contributed by atoms with Crippen LogP contribution in [0.4, 0.5) is 20.6 Å². The van der Waals surface area contributed by atoms with Crippen molar-refractivity contribution in [2.45, 2.75) is 18.8 Å². The quantitative estimate of drug-likeness (QED) is 0.575. The fourth-order valence-electron chi connectivity index (χ4n) is 3.33. The zero-order valence-corrected chi connectivity index (χ0v) is 17.9. The number of nitrogens with one attached hydrogen (secondary N) is 2. The number of piperidine rings is 1. The monoisotopic (exact) mass is 459 g/mol. The number of hydrogen-bond donors (Lipinski definition) is 2. The Morgan fingerprint density at radius 2 is 1.87 bits per heavy atom. The lowest BCUT2D eigenvalue weighted by Crippen LogP contribution is -2.41. The van der Waals surface area contributed by atoms with E-state index >= 15 is 0 Å². The van der Waals surface area contributed by atoms with Gasteiger partial charge < -0.3 is 15.5 Å². The molecule has 160 valence electrons. The number of carbonyl (C=O) groups is 2. The normalized spacial score (nSPS) is 16.1. The topological polar surface area (TPSA) is 87.2 Å². The Morgan fingerprint density at radius 3 is 2.65 bits per heavy atom. The Balaban J connectivity index is 1.39. The maximum absolute atomic E-state index is 13.0. The molecule has 7 nitrogen and oxygen atoms in total. The number of hydrogen-bond acceptors (Lipinski definition) is 5. The molecule has 0 spiro atoms. The maximum atomic E-state index is 13.0. The molecule has 1 aromatic heterocycles. The summed E-state index contributed by atoms with van der Waals surface area (Å²) < 4.78 is 13.0. The Labute approximate surface area is 187 Å². The van der Waals surface area contributed by atoms with E-state index in [1.54, 1.807) is 29.2 Å². The summed E-state index contributed by atoms with van der Waals surface area (Å²) in [6.07, 6.45) is 1.67. The molecule has 0 unspecified atom stereocenters. The van der Waals surface area contributed by atoms with Crippen molar-refractivity contribution in [1.29, 1.82) is 0 Å². The van der Waals surface area contributed by atoms with Gasteiger partial charge >= 0.3 is 6.03 Å². The zero-order valence-electron chi connectivity index (χ0n) is 16.3. The fraction of sp³-hybridized carbons (Fsp3) is 0.238. The highest BCUT2D eigenvalue weighted by Crippen LogP contribution is 2.30.